The van der Waals surface area contributed by atoms with Gasteiger partial charge in [0, 0.05) is 66.9 Å². The van der Waals surface area contributed by atoms with Crippen LogP contribution in [0.1, 0.15) is 55.8 Å². The van der Waals surface area contributed by atoms with Gasteiger partial charge >= 0.3 is 0 Å². The van der Waals surface area contributed by atoms with Gasteiger partial charge in [0.05, 0.1) is 11.3 Å². The summed E-state index contributed by atoms with van der Waals surface area (Å²) in [7, 11) is 0. The van der Waals surface area contributed by atoms with Crippen LogP contribution in [0.15, 0.2) is 34.7 Å². The number of thiophene rings is 1. The van der Waals surface area contributed by atoms with Crippen LogP contribution in [0.3, 0.4) is 0 Å². The number of rotatable bonds is 4. The molecule has 0 aromatic carbocycles. The highest BCUT2D eigenvalue weighted by atomic mass is 32.1. The summed E-state index contributed by atoms with van der Waals surface area (Å²) < 4.78 is 0. The third kappa shape index (κ3) is 4.00. The van der Waals surface area contributed by atoms with E-state index in [-0.39, 0.29) is 17.4 Å². The van der Waals surface area contributed by atoms with Crippen molar-refractivity contribution in [2.75, 3.05) is 19.6 Å². The zero-order valence-corrected chi connectivity index (χ0v) is 19.2. The first-order valence-electron chi connectivity index (χ1n) is 11.1. The summed E-state index contributed by atoms with van der Waals surface area (Å²) in [5.74, 6) is 0.855. The Balaban J connectivity index is 1.32. The van der Waals surface area contributed by atoms with Crippen molar-refractivity contribution in [3.05, 3.63) is 78.9 Å². The zero-order chi connectivity index (χ0) is 22.2. The van der Waals surface area contributed by atoms with Crippen molar-refractivity contribution in [2.24, 2.45) is 0 Å². The Bertz CT molecular complexity index is 1200. The molecule has 0 spiro atoms. The molecule has 1 saturated heterocycles. The highest BCUT2D eigenvalue weighted by Crippen LogP contribution is 2.29. The molecule has 2 aliphatic heterocycles. The second kappa shape index (κ2) is 8.60. The number of fused-ring (bicyclic) bond motifs is 1. The van der Waals surface area contributed by atoms with Crippen molar-refractivity contribution < 1.29 is 4.79 Å². The molecule has 166 valence electrons. The summed E-state index contributed by atoms with van der Waals surface area (Å²) in [5, 5.41) is 1.95. The first kappa shape index (κ1) is 21.0. The molecule has 1 atom stereocenters. The summed E-state index contributed by atoms with van der Waals surface area (Å²) in [6.07, 6.45) is 5.17. The predicted octanol–water partition coefficient (Wildman–Crippen LogP) is 3.03. The molecule has 1 N–H and O–H groups in total. The van der Waals surface area contributed by atoms with Crippen LogP contribution in [-0.4, -0.2) is 50.3 Å². The third-order valence-corrected chi connectivity index (χ3v) is 7.69. The van der Waals surface area contributed by atoms with Gasteiger partial charge in [0.25, 0.3) is 11.5 Å². The van der Waals surface area contributed by atoms with Crippen LogP contribution < -0.4 is 5.56 Å². The van der Waals surface area contributed by atoms with E-state index < -0.39 is 0 Å². The van der Waals surface area contributed by atoms with E-state index in [1.807, 2.05) is 36.4 Å². The van der Waals surface area contributed by atoms with E-state index in [9.17, 15) is 9.59 Å². The van der Waals surface area contributed by atoms with Crippen LogP contribution in [0.5, 0.6) is 0 Å². The lowest BCUT2D eigenvalue weighted by atomic mass is 10.0. The number of nitrogens with one attached hydrogen (secondary N) is 1. The number of aromatic amines is 1. The Labute approximate surface area is 191 Å². The van der Waals surface area contributed by atoms with Crippen molar-refractivity contribution in [1.29, 1.82) is 0 Å². The minimum absolute atomic E-state index is 0.0277. The van der Waals surface area contributed by atoms with Gasteiger partial charge < -0.3 is 9.88 Å². The van der Waals surface area contributed by atoms with Gasteiger partial charge in [-0.1, -0.05) is 6.07 Å². The number of aryl methyl sites for hydroxylation is 1. The SMILES string of the molecule is Cc1scc(C(=O)N2CC[C@@H](c3nc4c(c(=O)[nH]3)CCN(Cc3cccnc3)C4)C2)c1C. The Morgan fingerprint density at radius 3 is 2.94 bits per heavy atom. The average molecular weight is 450 g/mol. The molecule has 5 rings (SSSR count). The first-order valence-corrected chi connectivity index (χ1v) is 11.9. The summed E-state index contributed by atoms with van der Waals surface area (Å²) >= 11 is 1.62. The number of nitrogens with zero attached hydrogens (tertiary/aromatic N) is 4. The smallest absolute Gasteiger partial charge is 0.254 e. The summed E-state index contributed by atoms with van der Waals surface area (Å²) in [6.45, 7) is 7.61. The molecule has 0 radical (unpaired) electrons. The van der Waals surface area contributed by atoms with Gasteiger partial charge in [-0.05, 0) is 43.9 Å². The molecule has 0 bridgehead atoms. The van der Waals surface area contributed by atoms with Crippen LogP contribution in [0.4, 0.5) is 0 Å². The van der Waals surface area contributed by atoms with Crippen LogP contribution in [0.2, 0.25) is 0 Å². The lowest BCUT2D eigenvalue weighted by Crippen LogP contribution is -2.36. The standard InChI is InChI=1S/C24H27N5O2S/c1-15-16(2)32-14-20(15)24(31)29-9-5-18(12-29)22-26-21-13-28(8-6-19(21)23(30)27-22)11-17-4-3-7-25-10-17/h3-4,7,10,14,18H,5-6,8-9,11-13H2,1-2H3,(H,26,27,30)/t18-/m1/s1. The van der Waals surface area contributed by atoms with Gasteiger partial charge in [-0.25, -0.2) is 4.98 Å². The molecule has 1 amide bonds. The maximum atomic E-state index is 13.0. The van der Waals surface area contributed by atoms with Crippen LogP contribution in [0, 0.1) is 13.8 Å². The van der Waals surface area contributed by atoms with Crippen molar-refractivity contribution in [2.45, 2.75) is 45.7 Å². The topological polar surface area (TPSA) is 82.2 Å². The Morgan fingerprint density at radius 1 is 1.31 bits per heavy atom. The van der Waals surface area contributed by atoms with Gasteiger partial charge in [-0.2, -0.15) is 0 Å². The maximum absolute atomic E-state index is 13.0. The average Bonchev–Trinajstić information content (AvgIpc) is 3.41. The third-order valence-electron chi connectivity index (χ3n) is 6.68. The molecule has 0 saturated carbocycles. The van der Waals surface area contributed by atoms with E-state index in [0.717, 1.165) is 47.5 Å². The highest BCUT2D eigenvalue weighted by Gasteiger charge is 2.32. The van der Waals surface area contributed by atoms with Crippen LogP contribution in [-0.2, 0) is 19.5 Å². The zero-order valence-electron chi connectivity index (χ0n) is 18.4. The Hall–Kier alpha value is -2.84. The van der Waals surface area contributed by atoms with E-state index in [1.54, 1.807) is 17.5 Å². The quantitative estimate of drug-likeness (QED) is 0.662. The largest absolute Gasteiger partial charge is 0.338 e. The van der Waals surface area contributed by atoms with Crippen molar-refractivity contribution in [3.63, 3.8) is 0 Å². The number of aromatic nitrogens is 3. The molecule has 32 heavy (non-hydrogen) atoms. The molecule has 1 fully saturated rings. The number of hydrogen-bond acceptors (Lipinski definition) is 6. The second-order valence-electron chi connectivity index (χ2n) is 8.77. The van der Waals surface area contributed by atoms with Gasteiger partial charge in [0.1, 0.15) is 5.82 Å². The number of carbonyl (C=O) groups excluding carboxylic acids is 1. The van der Waals surface area contributed by atoms with E-state index in [2.05, 4.69) is 20.9 Å². The van der Waals surface area contributed by atoms with E-state index in [0.29, 0.717) is 31.9 Å². The lowest BCUT2D eigenvalue weighted by Gasteiger charge is -2.28. The van der Waals surface area contributed by atoms with Crippen LogP contribution >= 0.6 is 11.3 Å². The summed E-state index contributed by atoms with van der Waals surface area (Å²) in [4.78, 5) is 43.3. The first-order chi connectivity index (χ1) is 15.5. The minimum Gasteiger partial charge on any atom is -0.338 e. The Kier molecular flexibility index (Phi) is 5.65. The van der Waals surface area contributed by atoms with E-state index in [1.165, 1.54) is 4.88 Å². The number of hydrogen-bond donors (Lipinski definition) is 1. The van der Waals surface area contributed by atoms with Gasteiger partial charge in [-0.3, -0.25) is 19.5 Å². The molecule has 8 heteroatoms. The van der Waals surface area contributed by atoms with E-state index in [4.69, 9.17) is 4.98 Å². The second-order valence-corrected chi connectivity index (χ2v) is 9.85. The molecule has 5 heterocycles. The normalized spacial score (nSPS) is 18.7. The van der Waals surface area contributed by atoms with Crippen molar-refractivity contribution in [3.8, 4) is 0 Å². The van der Waals surface area contributed by atoms with Crippen molar-refractivity contribution >= 4 is 17.2 Å². The van der Waals surface area contributed by atoms with E-state index >= 15 is 0 Å². The molecule has 3 aromatic heterocycles. The monoisotopic (exact) mass is 449 g/mol. The predicted molar refractivity (Wildman–Crippen MR) is 124 cm³/mol. The molecule has 7 nitrogen and oxygen atoms in total. The minimum atomic E-state index is -0.0277. The number of pyridine rings is 1. The number of amides is 1. The van der Waals surface area contributed by atoms with Gasteiger partial charge in [0.15, 0.2) is 0 Å². The fourth-order valence-electron chi connectivity index (χ4n) is 4.65. The van der Waals surface area contributed by atoms with Crippen LogP contribution in [0.25, 0.3) is 0 Å². The molecular formula is C24H27N5O2S. The molecule has 2 aliphatic rings. The fraction of sp³-hybridized carbons (Fsp3) is 0.417. The number of H-pyrrole nitrogens is 1. The lowest BCUT2D eigenvalue weighted by molar-refractivity contribution is 0.0790. The highest BCUT2D eigenvalue weighted by molar-refractivity contribution is 7.10. The van der Waals surface area contributed by atoms with Gasteiger partial charge in [0.2, 0.25) is 0 Å². The molecular weight excluding hydrogens is 422 g/mol. The number of carbonyl (C=O) groups is 1. The molecule has 0 aliphatic carbocycles. The fourth-order valence-corrected chi connectivity index (χ4v) is 5.51. The number of likely N-dealkylation sites (tertiary alicyclic amines) is 1. The Morgan fingerprint density at radius 2 is 2.19 bits per heavy atom. The summed E-state index contributed by atoms with van der Waals surface area (Å²) in [6, 6.07) is 4.01. The molecule has 0 unspecified atom stereocenters. The summed E-state index contributed by atoms with van der Waals surface area (Å²) in [5.41, 5.74) is 4.66. The van der Waals surface area contributed by atoms with Gasteiger partial charge in [-0.15, -0.1) is 11.3 Å². The maximum Gasteiger partial charge on any atom is 0.254 e. The van der Waals surface area contributed by atoms with Crippen molar-refractivity contribution in [1.82, 2.24) is 24.8 Å². The molecule has 3 aromatic rings.